The molecule has 2 aliphatic heterocycles. The van der Waals surface area contributed by atoms with Gasteiger partial charge in [0.1, 0.15) is 11.8 Å². The number of rotatable bonds is 1. The standard InChI is InChI=1S/C18H20F2N2O2/c19-13-9-21-8-12-14-7-11(24-15(12)13)10-22(14)16(23)17-1-4-18(20,5-2-17)6-3-17/h8-9,11,14H,1-7,10H2/t11-,14-,17?,18?/m0/s1. The van der Waals surface area contributed by atoms with Crippen molar-refractivity contribution in [2.45, 2.75) is 62.8 Å². The van der Waals surface area contributed by atoms with Crippen LogP contribution in [0.4, 0.5) is 8.78 Å². The lowest BCUT2D eigenvalue weighted by Crippen LogP contribution is -2.52. The molecule has 3 aliphatic carbocycles. The average molecular weight is 334 g/mol. The number of pyridine rings is 1. The van der Waals surface area contributed by atoms with Crippen molar-refractivity contribution in [1.82, 2.24) is 9.88 Å². The average Bonchev–Trinajstić information content (AvgIpc) is 2.94. The van der Waals surface area contributed by atoms with E-state index >= 15 is 0 Å². The van der Waals surface area contributed by atoms with E-state index in [1.165, 1.54) is 0 Å². The first-order chi connectivity index (χ1) is 11.5. The van der Waals surface area contributed by atoms with E-state index in [9.17, 15) is 13.6 Å². The van der Waals surface area contributed by atoms with Gasteiger partial charge in [-0.1, -0.05) is 0 Å². The van der Waals surface area contributed by atoms with E-state index in [0.717, 1.165) is 6.20 Å². The fourth-order valence-corrected chi connectivity index (χ4v) is 5.13. The number of fused-ring (bicyclic) bond motifs is 7. The van der Waals surface area contributed by atoms with Gasteiger partial charge in [0, 0.05) is 23.6 Å². The van der Waals surface area contributed by atoms with Crippen molar-refractivity contribution >= 4 is 5.91 Å². The Morgan fingerprint density at radius 3 is 2.62 bits per heavy atom. The summed E-state index contributed by atoms with van der Waals surface area (Å²) in [5, 5.41) is 0. The molecule has 2 atom stereocenters. The number of hydrogen-bond acceptors (Lipinski definition) is 3. The van der Waals surface area contributed by atoms with E-state index < -0.39 is 16.9 Å². The van der Waals surface area contributed by atoms with E-state index in [0.29, 0.717) is 57.1 Å². The first kappa shape index (κ1) is 14.6. The summed E-state index contributed by atoms with van der Waals surface area (Å²) in [5.74, 6) is -0.112. The molecule has 0 unspecified atom stereocenters. The summed E-state index contributed by atoms with van der Waals surface area (Å²) < 4.78 is 34.1. The third-order valence-corrected chi connectivity index (χ3v) is 6.66. The summed E-state index contributed by atoms with van der Waals surface area (Å²) in [4.78, 5) is 19.1. The van der Waals surface area contributed by atoms with Gasteiger partial charge in [-0.2, -0.15) is 0 Å². The van der Waals surface area contributed by atoms with Crippen LogP contribution in [0, 0.1) is 11.2 Å². The van der Waals surface area contributed by atoms with Gasteiger partial charge >= 0.3 is 0 Å². The minimum absolute atomic E-state index is 0.109. The molecule has 5 aliphatic rings. The topological polar surface area (TPSA) is 42.4 Å². The van der Waals surface area contributed by atoms with E-state index in [2.05, 4.69) is 4.98 Å². The Bertz CT molecular complexity index is 698. The lowest BCUT2D eigenvalue weighted by Gasteiger charge is -2.50. The Hall–Kier alpha value is -1.72. The number of carbonyl (C=O) groups excluding carboxylic acids is 1. The van der Waals surface area contributed by atoms with Crippen molar-refractivity contribution in [3.8, 4) is 5.75 Å². The van der Waals surface area contributed by atoms with E-state index in [1.54, 1.807) is 6.20 Å². The lowest BCUT2D eigenvalue weighted by molar-refractivity contribution is -0.154. The first-order valence-electron chi connectivity index (χ1n) is 8.80. The number of ether oxygens (including phenoxy) is 1. The minimum Gasteiger partial charge on any atom is -0.485 e. The number of carbonyl (C=O) groups is 1. The second-order valence-corrected chi connectivity index (χ2v) is 7.92. The van der Waals surface area contributed by atoms with Crippen molar-refractivity contribution in [3.63, 3.8) is 0 Å². The summed E-state index contributed by atoms with van der Waals surface area (Å²) in [5.41, 5.74) is -0.808. The van der Waals surface area contributed by atoms with Gasteiger partial charge in [-0.15, -0.1) is 0 Å². The summed E-state index contributed by atoms with van der Waals surface area (Å²) >= 11 is 0. The van der Waals surface area contributed by atoms with Crippen LogP contribution in [-0.2, 0) is 4.79 Å². The molecule has 1 aromatic rings. The fraction of sp³-hybridized carbons (Fsp3) is 0.667. The van der Waals surface area contributed by atoms with Crippen LogP contribution in [0.15, 0.2) is 12.4 Å². The van der Waals surface area contributed by atoms with Crippen LogP contribution in [0.25, 0.3) is 0 Å². The highest BCUT2D eigenvalue weighted by molar-refractivity contribution is 5.84. The van der Waals surface area contributed by atoms with Crippen molar-refractivity contribution in [1.29, 1.82) is 0 Å². The molecule has 6 heteroatoms. The second kappa shape index (κ2) is 4.67. The Morgan fingerprint density at radius 2 is 1.92 bits per heavy atom. The highest BCUT2D eigenvalue weighted by Gasteiger charge is 2.56. The number of nitrogens with zero attached hydrogens (tertiary/aromatic N) is 2. The van der Waals surface area contributed by atoms with Gasteiger partial charge in [0.15, 0.2) is 11.6 Å². The van der Waals surface area contributed by atoms with Crippen molar-refractivity contribution in [2.75, 3.05) is 6.54 Å². The number of alkyl halides is 1. The van der Waals surface area contributed by atoms with Gasteiger partial charge in [0.2, 0.25) is 5.91 Å². The molecule has 4 fully saturated rings. The SMILES string of the molecule is O=C(N1C[C@@H]2C[C@H]1c1cncc(F)c1O2)C12CCC(F)(CC1)CC2. The molecule has 1 aromatic heterocycles. The monoisotopic (exact) mass is 334 g/mol. The molecule has 0 spiro atoms. The lowest BCUT2D eigenvalue weighted by atomic mass is 9.58. The fourth-order valence-electron chi connectivity index (χ4n) is 5.13. The molecule has 24 heavy (non-hydrogen) atoms. The van der Waals surface area contributed by atoms with Gasteiger partial charge in [-0.05, 0) is 38.5 Å². The molecule has 128 valence electrons. The van der Waals surface area contributed by atoms with Crippen molar-refractivity contribution < 1.29 is 18.3 Å². The zero-order chi connectivity index (χ0) is 16.5. The summed E-state index contributed by atoms with van der Waals surface area (Å²) in [7, 11) is 0. The summed E-state index contributed by atoms with van der Waals surface area (Å²) in [6.45, 7) is 0.486. The molecule has 1 saturated heterocycles. The van der Waals surface area contributed by atoms with Crippen LogP contribution in [-0.4, -0.2) is 34.1 Å². The van der Waals surface area contributed by atoms with Crippen molar-refractivity contribution in [2.24, 2.45) is 5.41 Å². The van der Waals surface area contributed by atoms with Gasteiger partial charge in [-0.25, -0.2) is 8.78 Å². The molecule has 0 N–H and O–H groups in total. The number of amides is 1. The van der Waals surface area contributed by atoms with Crippen LogP contribution in [0.1, 0.15) is 56.6 Å². The Morgan fingerprint density at radius 1 is 1.21 bits per heavy atom. The highest BCUT2D eigenvalue weighted by Crippen LogP contribution is 2.56. The minimum atomic E-state index is -1.05. The van der Waals surface area contributed by atoms with Gasteiger partial charge in [-0.3, -0.25) is 9.78 Å². The molecule has 0 radical (unpaired) electrons. The normalized spacial score (nSPS) is 39.5. The van der Waals surface area contributed by atoms with Crippen LogP contribution in [0.3, 0.4) is 0 Å². The molecule has 3 saturated carbocycles. The number of aromatic nitrogens is 1. The predicted molar refractivity (Wildman–Crippen MR) is 81.7 cm³/mol. The number of likely N-dealkylation sites (tertiary alicyclic amines) is 1. The largest absolute Gasteiger partial charge is 0.485 e. The van der Waals surface area contributed by atoms with Crippen LogP contribution >= 0.6 is 0 Å². The Kier molecular flexibility index (Phi) is 2.84. The summed E-state index contributed by atoms with van der Waals surface area (Å²) in [6.07, 6.45) is 6.65. The van der Waals surface area contributed by atoms with Gasteiger partial charge < -0.3 is 9.64 Å². The molecule has 4 bridgehead atoms. The number of hydrogen-bond donors (Lipinski definition) is 0. The van der Waals surface area contributed by atoms with Crippen molar-refractivity contribution in [3.05, 3.63) is 23.8 Å². The third-order valence-electron chi connectivity index (χ3n) is 6.66. The molecular weight excluding hydrogens is 314 g/mol. The number of halogens is 2. The maximum atomic E-state index is 14.4. The van der Waals surface area contributed by atoms with E-state index in [-0.39, 0.29) is 23.8 Å². The summed E-state index contributed by atoms with van der Waals surface area (Å²) in [6, 6.07) is -0.164. The Balaban J connectivity index is 1.47. The van der Waals surface area contributed by atoms with Crippen LogP contribution < -0.4 is 4.74 Å². The van der Waals surface area contributed by atoms with E-state index in [1.807, 2.05) is 4.90 Å². The second-order valence-electron chi connectivity index (χ2n) is 7.92. The van der Waals surface area contributed by atoms with Gasteiger partial charge in [0.25, 0.3) is 0 Å². The smallest absolute Gasteiger partial charge is 0.229 e. The first-order valence-corrected chi connectivity index (χ1v) is 8.80. The molecule has 0 aromatic carbocycles. The zero-order valence-electron chi connectivity index (χ0n) is 13.4. The van der Waals surface area contributed by atoms with Crippen LogP contribution in [0.2, 0.25) is 0 Å². The predicted octanol–water partition coefficient (Wildman–Crippen LogP) is 3.32. The zero-order valence-corrected chi connectivity index (χ0v) is 13.4. The van der Waals surface area contributed by atoms with Crippen LogP contribution in [0.5, 0.6) is 5.75 Å². The van der Waals surface area contributed by atoms with Gasteiger partial charge in [0.05, 0.1) is 18.8 Å². The maximum Gasteiger partial charge on any atom is 0.229 e. The quantitative estimate of drug-likeness (QED) is 0.791. The molecular formula is C18H20F2N2O2. The molecule has 1 amide bonds. The highest BCUT2D eigenvalue weighted by atomic mass is 19.1. The third kappa shape index (κ3) is 1.88. The molecule has 3 heterocycles. The molecule has 4 nitrogen and oxygen atoms in total. The maximum absolute atomic E-state index is 14.4. The molecule has 6 rings (SSSR count). The Labute approximate surface area is 139 Å². The van der Waals surface area contributed by atoms with E-state index in [4.69, 9.17) is 4.74 Å².